The maximum atomic E-state index is 4.18. The summed E-state index contributed by atoms with van der Waals surface area (Å²) in [6, 6.07) is 2.82. The first-order valence-corrected chi connectivity index (χ1v) is 6.33. The Morgan fingerprint density at radius 3 is 3.00 bits per heavy atom. The third kappa shape index (κ3) is 2.43. The maximum absolute atomic E-state index is 4.18. The summed E-state index contributed by atoms with van der Waals surface area (Å²) < 4.78 is 0. The number of likely N-dealkylation sites (tertiary alicyclic amines) is 1. The van der Waals surface area contributed by atoms with E-state index in [0.29, 0.717) is 6.04 Å². The molecular formula is C14H22N2. The van der Waals surface area contributed by atoms with Crippen LogP contribution >= 0.6 is 0 Å². The van der Waals surface area contributed by atoms with Crippen LogP contribution in [0.3, 0.4) is 0 Å². The SMILES string of the molecule is Cc1cnccc1C1CCCN1CC(C)C. The molecule has 0 aliphatic carbocycles. The van der Waals surface area contributed by atoms with Gasteiger partial charge in [-0.1, -0.05) is 13.8 Å². The van der Waals surface area contributed by atoms with Crippen LogP contribution in [-0.2, 0) is 0 Å². The molecule has 1 aromatic heterocycles. The quantitative estimate of drug-likeness (QED) is 0.774. The number of aryl methyl sites for hydroxylation is 1. The Hall–Kier alpha value is -0.890. The van der Waals surface area contributed by atoms with E-state index in [4.69, 9.17) is 0 Å². The summed E-state index contributed by atoms with van der Waals surface area (Å²) in [5, 5.41) is 0. The molecule has 1 fully saturated rings. The fraction of sp³-hybridized carbons (Fsp3) is 0.643. The lowest BCUT2D eigenvalue weighted by Gasteiger charge is -2.27. The summed E-state index contributed by atoms with van der Waals surface area (Å²) >= 11 is 0. The number of hydrogen-bond acceptors (Lipinski definition) is 2. The molecular weight excluding hydrogens is 196 g/mol. The summed E-state index contributed by atoms with van der Waals surface area (Å²) in [6.07, 6.45) is 6.55. The van der Waals surface area contributed by atoms with Gasteiger partial charge in [-0.15, -0.1) is 0 Å². The van der Waals surface area contributed by atoms with Gasteiger partial charge in [-0.2, -0.15) is 0 Å². The van der Waals surface area contributed by atoms with Crippen molar-refractivity contribution in [1.29, 1.82) is 0 Å². The maximum Gasteiger partial charge on any atom is 0.0352 e. The normalized spacial score (nSPS) is 21.9. The number of rotatable bonds is 3. The van der Waals surface area contributed by atoms with Crippen LogP contribution in [0.2, 0.25) is 0 Å². The molecule has 1 aliphatic rings. The van der Waals surface area contributed by atoms with E-state index in [1.807, 2.05) is 12.4 Å². The number of nitrogens with zero attached hydrogens (tertiary/aromatic N) is 2. The zero-order chi connectivity index (χ0) is 11.5. The highest BCUT2D eigenvalue weighted by atomic mass is 15.2. The molecule has 1 unspecified atom stereocenters. The minimum Gasteiger partial charge on any atom is -0.296 e. The highest BCUT2D eigenvalue weighted by Crippen LogP contribution is 2.33. The highest BCUT2D eigenvalue weighted by molar-refractivity contribution is 5.26. The molecule has 2 rings (SSSR count). The van der Waals surface area contributed by atoms with E-state index in [-0.39, 0.29) is 0 Å². The average Bonchev–Trinajstić information content (AvgIpc) is 2.66. The Morgan fingerprint density at radius 2 is 2.31 bits per heavy atom. The average molecular weight is 218 g/mol. The van der Waals surface area contributed by atoms with E-state index >= 15 is 0 Å². The molecule has 88 valence electrons. The van der Waals surface area contributed by atoms with Gasteiger partial charge in [0.15, 0.2) is 0 Å². The number of hydrogen-bond donors (Lipinski definition) is 0. The van der Waals surface area contributed by atoms with Gasteiger partial charge >= 0.3 is 0 Å². The second-order valence-corrected chi connectivity index (χ2v) is 5.28. The summed E-state index contributed by atoms with van der Waals surface area (Å²) in [7, 11) is 0. The molecule has 0 aromatic carbocycles. The fourth-order valence-electron chi connectivity index (χ4n) is 2.72. The van der Waals surface area contributed by atoms with Crippen LogP contribution in [0.1, 0.15) is 43.9 Å². The predicted octanol–water partition coefficient (Wildman–Crippen LogP) is 3.18. The molecule has 1 saturated heterocycles. The Labute approximate surface area is 98.7 Å². The smallest absolute Gasteiger partial charge is 0.0352 e. The highest BCUT2D eigenvalue weighted by Gasteiger charge is 2.27. The summed E-state index contributed by atoms with van der Waals surface area (Å²) in [6.45, 7) is 9.24. The first kappa shape index (κ1) is 11.6. The molecule has 1 aromatic rings. The Kier molecular flexibility index (Phi) is 3.59. The van der Waals surface area contributed by atoms with Gasteiger partial charge in [-0.3, -0.25) is 9.88 Å². The molecule has 1 atom stereocenters. The van der Waals surface area contributed by atoms with Crippen molar-refractivity contribution >= 4 is 0 Å². The van der Waals surface area contributed by atoms with Gasteiger partial charge in [-0.25, -0.2) is 0 Å². The van der Waals surface area contributed by atoms with Crippen LogP contribution in [0.5, 0.6) is 0 Å². The van der Waals surface area contributed by atoms with E-state index in [1.165, 1.54) is 37.1 Å². The van der Waals surface area contributed by atoms with E-state index in [9.17, 15) is 0 Å². The molecule has 2 nitrogen and oxygen atoms in total. The lowest BCUT2D eigenvalue weighted by atomic mass is 10.0. The minimum atomic E-state index is 0.630. The first-order chi connectivity index (χ1) is 7.68. The zero-order valence-electron chi connectivity index (χ0n) is 10.6. The molecule has 0 N–H and O–H groups in total. The van der Waals surface area contributed by atoms with Crippen molar-refractivity contribution in [1.82, 2.24) is 9.88 Å². The summed E-state index contributed by atoms with van der Waals surface area (Å²) in [5.74, 6) is 0.753. The van der Waals surface area contributed by atoms with Crippen molar-refractivity contribution in [3.8, 4) is 0 Å². The second-order valence-electron chi connectivity index (χ2n) is 5.28. The van der Waals surface area contributed by atoms with Gasteiger partial charge in [0.1, 0.15) is 0 Å². The number of aromatic nitrogens is 1. The van der Waals surface area contributed by atoms with Gasteiger partial charge in [0.2, 0.25) is 0 Å². The minimum absolute atomic E-state index is 0.630. The predicted molar refractivity (Wildman–Crippen MR) is 67.4 cm³/mol. The van der Waals surface area contributed by atoms with E-state index in [2.05, 4.69) is 36.7 Å². The third-order valence-corrected chi connectivity index (χ3v) is 3.39. The van der Waals surface area contributed by atoms with E-state index < -0.39 is 0 Å². The van der Waals surface area contributed by atoms with Crippen molar-refractivity contribution in [2.75, 3.05) is 13.1 Å². The molecule has 1 aliphatic heterocycles. The largest absolute Gasteiger partial charge is 0.296 e. The Balaban J connectivity index is 2.17. The van der Waals surface area contributed by atoms with Crippen molar-refractivity contribution in [2.45, 2.75) is 39.7 Å². The molecule has 0 spiro atoms. The monoisotopic (exact) mass is 218 g/mol. The van der Waals surface area contributed by atoms with Crippen molar-refractivity contribution < 1.29 is 0 Å². The topological polar surface area (TPSA) is 16.1 Å². The van der Waals surface area contributed by atoms with Crippen LogP contribution in [-0.4, -0.2) is 23.0 Å². The van der Waals surface area contributed by atoms with Crippen LogP contribution in [0.25, 0.3) is 0 Å². The van der Waals surface area contributed by atoms with Crippen LogP contribution in [0.15, 0.2) is 18.5 Å². The Morgan fingerprint density at radius 1 is 1.50 bits per heavy atom. The summed E-state index contributed by atoms with van der Waals surface area (Å²) in [5.41, 5.74) is 2.82. The number of pyridine rings is 1. The van der Waals surface area contributed by atoms with Crippen molar-refractivity contribution in [3.05, 3.63) is 29.6 Å². The molecule has 0 saturated carbocycles. The molecule has 16 heavy (non-hydrogen) atoms. The van der Waals surface area contributed by atoms with Crippen molar-refractivity contribution in [2.24, 2.45) is 5.92 Å². The fourth-order valence-corrected chi connectivity index (χ4v) is 2.72. The van der Waals surface area contributed by atoms with Crippen LogP contribution < -0.4 is 0 Å². The summed E-state index contributed by atoms with van der Waals surface area (Å²) in [4.78, 5) is 6.82. The molecule has 0 radical (unpaired) electrons. The molecule has 2 heteroatoms. The molecule has 0 bridgehead atoms. The van der Waals surface area contributed by atoms with Gasteiger partial charge in [-0.05, 0) is 49.4 Å². The van der Waals surface area contributed by atoms with Crippen molar-refractivity contribution in [3.63, 3.8) is 0 Å². The zero-order valence-corrected chi connectivity index (χ0v) is 10.6. The Bertz CT molecular complexity index is 346. The lowest BCUT2D eigenvalue weighted by molar-refractivity contribution is 0.228. The van der Waals surface area contributed by atoms with Gasteiger partial charge in [0.25, 0.3) is 0 Å². The standard InChI is InChI=1S/C14H22N2/c1-11(2)10-16-8-4-5-14(16)13-6-7-15-9-12(13)3/h6-7,9,11,14H,4-5,8,10H2,1-3H3. The third-order valence-electron chi connectivity index (χ3n) is 3.39. The molecule has 0 amide bonds. The molecule has 2 heterocycles. The van der Waals surface area contributed by atoms with E-state index in [0.717, 1.165) is 5.92 Å². The first-order valence-electron chi connectivity index (χ1n) is 6.33. The lowest BCUT2D eigenvalue weighted by Crippen LogP contribution is -2.27. The van der Waals surface area contributed by atoms with Crippen LogP contribution in [0.4, 0.5) is 0 Å². The van der Waals surface area contributed by atoms with E-state index in [1.54, 1.807) is 0 Å². The van der Waals surface area contributed by atoms with Gasteiger partial charge in [0, 0.05) is 25.0 Å². The van der Waals surface area contributed by atoms with Crippen LogP contribution in [0, 0.1) is 12.8 Å². The van der Waals surface area contributed by atoms with Gasteiger partial charge in [0.05, 0.1) is 0 Å². The van der Waals surface area contributed by atoms with Gasteiger partial charge < -0.3 is 0 Å². The second kappa shape index (κ2) is 4.96.